The Labute approximate surface area is 182 Å². The third-order valence-electron chi connectivity index (χ3n) is 5.19. The third kappa shape index (κ3) is 5.01. The average Bonchev–Trinajstić information content (AvgIpc) is 3.44. The highest BCUT2D eigenvalue weighted by Crippen LogP contribution is 2.32. The summed E-state index contributed by atoms with van der Waals surface area (Å²) in [7, 11) is 1.60. The number of halogens is 3. The largest absolute Gasteiger partial charge is 0.451 e. The minimum atomic E-state index is -4.46. The van der Waals surface area contributed by atoms with Crippen LogP contribution in [0.1, 0.15) is 44.9 Å². The molecule has 2 amide bonds. The summed E-state index contributed by atoms with van der Waals surface area (Å²) in [6.45, 7) is 0.281. The second kappa shape index (κ2) is 8.53. The Morgan fingerprint density at radius 3 is 2.44 bits per heavy atom. The third-order valence-corrected chi connectivity index (χ3v) is 5.19. The summed E-state index contributed by atoms with van der Waals surface area (Å²) >= 11 is 0. The van der Waals surface area contributed by atoms with Gasteiger partial charge in [0.2, 0.25) is 0 Å². The van der Waals surface area contributed by atoms with Gasteiger partial charge in [0.25, 0.3) is 11.8 Å². The van der Waals surface area contributed by atoms with E-state index in [0.717, 1.165) is 30.5 Å². The molecule has 1 aliphatic carbocycles. The molecular weight excluding hydrogens is 421 g/mol. The van der Waals surface area contributed by atoms with Gasteiger partial charge in [-0.3, -0.25) is 9.59 Å². The van der Waals surface area contributed by atoms with E-state index in [0.29, 0.717) is 5.56 Å². The number of carbonyl (C=O) groups is 2. The van der Waals surface area contributed by atoms with Gasteiger partial charge in [0.1, 0.15) is 5.76 Å². The zero-order valence-corrected chi connectivity index (χ0v) is 17.3. The molecule has 1 fully saturated rings. The highest BCUT2D eigenvalue weighted by molar-refractivity contribution is 5.94. The molecule has 32 heavy (non-hydrogen) atoms. The van der Waals surface area contributed by atoms with Crippen molar-refractivity contribution in [3.63, 3.8) is 0 Å². The van der Waals surface area contributed by atoms with E-state index in [9.17, 15) is 22.8 Å². The Kier molecular flexibility index (Phi) is 5.78. The topological polar surface area (TPSA) is 62.6 Å². The maximum atomic E-state index is 12.9. The molecule has 0 atom stereocenters. The predicted octanol–water partition coefficient (Wildman–Crippen LogP) is 5.13. The molecule has 0 aliphatic heterocycles. The van der Waals surface area contributed by atoms with E-state index < -0.39 is 17.6 Å². The lowest BCUT2D eigenvalue weighted by atomic mass is 10.1. The summed E-state index contributed by atoms with van der Waals surface area (Å²) < 4.78 is 44.4. The van der Waals surface area contributed by atoms with E-state index in [1.165, 1.54) is 29.2 Å². The molecule has 3 aromatic rings. The molecule has 1 heterocycles. The monoisotopic (exact) mass is 442 g/mol. The number of hydrogen-bond donors (Lipinski definition) is 1. The van der Waals surface area contributed by atoms with Gasteiger partial charge in [-0.2, -0.15) is 13.2 Å². The number of nitrogens with zero attached hydrogens (tertiary/aromatic N) is 1. The van der Waals surface area contributed by atoms with E-state index in [-0.39, 0.29) is 35.6 Å². The highest BCUT2D eigenvalue weighted by Gasteiger charge is 2.30. The van der Waals surface area contributed by atoms with Crippen molar-refractivity contribution in [2.75, 3.05) is 7.05 Å². The van der Waals surface area contributed by atoms with E-state index in [1.54, 1.807) is 31.3 Å². The van der Waals surface area contributed by atoms with Crippen LogP contribution in [-0.4, -0.2) is 29.8 Å². The van der Waals surface area contributed by atoms with Crippen LogP contribution in [0.15, 0.2) is 65.1 Å². The van der Waals surface area contributed by atoms with Crippen molar-refractivity contribution in [1.29, 1.82) is 0 Å². The minimum absolute atomic E-state index is 0.0281. The number of amides is 2. The minimum Gasteiger partial charge on any atom is -0.451 e. The van der Waals surface area contributed by atoms with Crippen molar-refractivity contribution in [3.8, 4) is 11.3 Å². The van der Waals surface area contributed by atoms with Gasteiger partial charge in [-0.15, -0.1) is 0 Å². The van der Waals surface area contributed by atoms with Crippen molar-refractivity contribution in [1.82, 2.24) is 10.2 Å². The summed E-state index contributed by atoms with van der Waals surface area (Å²) in [6, 6.07) is 14.9. The lowest BCUT2D eigenvalue weighted by Gasteiger charge is -2.16. The zero-order chi connectivity index (χ0) is 22.9. The van der Waals surface area contributed by atoms with Crippen LogP contribution < -0.4 is 5.32 Å². The van der Waals surface area contributed by atoms with Crippen molar-refractivity contribution in [3.05, 3.63) is 83.1 Å². The number of benzene rings is 2. The first-order valence-corrected chi connectivity index (χ1v) is 10.1. The van der Waals surface area contributed by atoms with Gasteiger partial charge in [0.05, 0.1) is 5.56 Å². The van der Waals surface area contributed by atoms with Crippen LogP contribution in [0, 0.1) is 0 Å². The SMILES string of the molecule is CN(Cc1ccc(C(=O)NC2CC2)cc1)C(=O)c1ccc(-c2cccc(C(F)(F)F)c2)o1. The molecule has 1 aromatic heterocycles. The summed E-state index contributed by atoms with van der Waals surface area (Å²) in [5, 5.41) is 2.92. The van der Waals surface area contributed by atoms with Gasteiger partial charge >= 0.3 is 6.18 Å². The van der Waals surface area contributed by atoms with Crippen LogP contribution in [-0.2, 0) is 12.7 Å². The first kappa shape index (κ1) is 21.7. The van der Waals surface area contributed by atoms with Crippen LogP contribution in [0.5, 0.6) is 0 Å². The molecule has 0 radical (unpaired) electrons. The van der Waals surface area contributed by atoms with Crippen molar-refractivity contribution < 1.29 is 27.2 Å². The normalized spacial score (nSPS) is 13.6. The van der Waals surface area contributed by atoms with Gasteiger partial charge in [0, 0.05) is 30.8 Å². The van der Waals surface area contributed by atoms with Gasteiger partial charge in [-0.25, -0.2) is 0 Å². The quantitative estimate of drug-likeness (QED) is 0.576. The molecule has 0 bridgehead atoms. The van der Waals surface area contributed by atoms with Crippen LogP contribution in [0.2, 0.25) is 0 Å². The molecule has 4 rings (SSSR count). The Hall–Kier alpha value is -3.55. The lowest BCUT2D eigenvalue weighted by Crippen LogP contribution is -2.26. The van der Waals surface area contributed by atoms with E-state index in [1.807, 2.05) is 0 Å². The number of nitrogens with one attached hydrogen (secondary N) is 1. The highest BCUT2D eigenvalue weighted by atomic mass is 19.4. The number of alkyl halides is 3. The Morgan fingerprint density at radius 1 is 1.06 bits per heavy atom. The maximum Gasteiger partial charge on any atom is 0.416 e. The van der Waals surface area contributed by atoms with Crippen LogP contribution >= 0.6 is 0 Å². The fourth-order valence-corrected chi connectivity index (χ4v) is 3.25. The summed E-state index contributed by atoms with van der Waals surface area (Å²) in [5.74, 6) is -0.306. The molecule has 166 valence electrons. The molecular formula is C24H21F3N2O3. The van der Waals surface area contributed by atoms with Crippen LogP contribution in [0.3, 0.4) is 0 Å². The predicted molar refractivity (Wildman–Crippen MR) is 112 cm³/mol. The second-order valence-electron chi connectivity index (χ2n) is 7.85. The molecule has 5 nitrogen and oxygen atoms in total. The zero-order valence-electron chi connectivity index (χ0n) is 17.3. The first-order valence-electron chi connectivity index (χ1n) is 10.1. The number of rotatable bonds is 6. The van der Waals surface area contributed by atoms with Gasteiger partial charge < -0.3 is 14.6 Å². The lowest BCUT2D eigenvalue weighted by molar-refractivity contribution is -0.137. The smallest absolute Gasteiger partial charge is 0.416 e. The van der Waals surface area contributed by atoms with E-state index in [2.05, 4.69) is 5.32 Å². The van der Waals surface area contributed by atoms with Crippen LogP contribution in [0.25, 0.3) is 11.3 Å². The summed E-state index contributed by atoms with van der Waals surface area (Å²) in [6.07, 6.45) is -2.44. The van der Waals surface area contributed by atoms with Crippen molar-refractivity contribution in [2.24, 2.45) is 0 Å². The Morgan fingerprint density at radius 2 is 1.78 bits per heavy atom. The fraction of sp³-hybridized carbons (Fsp3) is 0.250. The molecule has 1 saturated carbocycles. The summed E-state index contributed by atoms with van der Waals surface area (Å²) in [4.78, 5) is 26.2. The maximum absolute atomic E-state index is 12.9. The fourth-order valence-electron chi connectivity index (χ4n) is 3.25. The molecule has 0 saturated heterocycles. The van der Waals surface area contributed by atoms with Gasteiger partial charge in [0.15, 0.2) is 5.76 Å². The number of carbonyl (C=O) groups excluding carboxylic acids is 2. The molecule has 2 aromatic carbocycles. The summed E-state index contributed by atoms with van der Waals surface area (Å²) in [5.41, 5.74) is 0.840. The van der Waals surface area contributed by atoms with Gasteiger partial charge in [-0.05, 0) is 54.8 Å². The van der Waals surface area contributed by atoms with Crippen LogP contribution in [0.4, 0.5) is 13.2 Å². The Balaban J connectivity index is 1.41. The van der Waals surface area contributed by atoms with Crippen molar-refractivity contribution in [2.45, 2.75) is 31.6 Å². The van der Waals surface area contributed by atoms with Gasteiger partial charge in [-0.1, -0.05) is 24.3 Å². The number of hydrogen-bond acceptors (Lipinski definition) is 3. The number of furan rings is 1. The first-order chi connectivity index (χ1) is 15.2. The Bertz CT molecular complexity index is 1130. The van der Waals surface area contributed by atoms with E-state index >= 15 is 0 Å². The second-order valence-corrected chi connectivity index (χ2v) is 7.85. The molecule has 1 aliphatic rings. The standard InChI is InChI=1S/C24H21F3N2O3/c1-29(14-15-5-7-16(8-6-15)22(30)28-19-9-10-19)23(31)21-12-11-20(32-21)17-3-2-4-18(13-17)24(25,26)27/h2-8,11-13,19H,9-10,14H2,1H3,(H,28,30). The van der Waals surface area contributed by atoms with Crippen molar-refractivity contribution >= 4 is 11.8 Å². The average molecular weight is 442 g/mol. The molecule has 0 unspecified atom stereocenters. The van der Waals surface area contributed by atoms with E-state index in [4.69, 9.17) is 4.42 Å². The molecule has 1 N–H and O–H groups in total. The molecule has 0 spiro atoms. The molecule has 8 heteroatoms.